The van der Waals surface area contributed by atoms with Crippen LogP contribution in [0.3, 0.4) is 0 Å². The Bertz CT molecular complexity index is 760. The Morgan fingerprint density at radius 2 is 2.20 bits per heavy atom. The van der Waals surface area contributed by atoms with Crippen molar-refractivity contribution in [3.63, 3.8) is 0 Å². The maximum atomic E-state index is 13.4. The first kappa shape index (κ1) is 16.7. The average Bonchev–Trinajstić information content (AvgIpc) is 3.23. The minimum atomic E-state index is -0.201. The van der Waals surface area contributed by atoms with Gasteiger partial charge in [-0.3, -0.25) is 9.69 Å². The average molecular weight is 358 g/mol. The summed E-state index contributed by atoms with van der Waals surface area (Å²) < 4.78 is 13.4. The molecule has 2 aliphatic rings. The van der Waals surface area contributed by atoms with E-state index in [2.05, 4.69) is 16.3 Å². The second-order valence-corrected chi connectivity index (χ2v) is 8.05. The van der Waals surface area contributed by atoms with E-state index in [0.717, 1.165) is 50.9 Å². The third-order valence-corrected chi connectivity index (χ3v) is 6.33. The monoisotopic (exact) mass is 358 g/mol. The molecule has 3 nitrogen and oxygen atoms in total. The Balaban J connectivity index is 1.38. The van der Waals surface area contributed by atoms with Gasteiger partial charge in [-0.1, -0.05) is 12.1 Å². The maximum Gasteiger partial charge on any atom is 0.237 e. The molecule has 0 aliphatic carbocycles. The molecular formula is C20H23FN2OS. The van der Waals surface area contributed by atoms with Crippen LogP contribution in [0.15, 0.2) is 35.7 Å². The van der Waals surface area contributed by atoms with Crippen LogP contribution >= 0.6 is 11.3 Å². The van der Waals surface area contributed by atoms with E-state index in [9.17, 15) is 9.18 Å². The number of fused-ring (bicyclic) bond motifs is 1. The first-order valence-corrected chi connectivity index (χ1v) is 9.88. The standard InChI is InChI=1S/C20H23FN2OS/c21-17-4-1-3-15(11-17)12-18-5-2-8-23(18)20(24)14-22-9-6-19-16(13-22)7-10-25-19/h1,3-4,7,10-11,18H,2,5-6,8-9,12-14H2. The zero-order valence-electron chi connectivity index (χ0n) is 14.3. The van der Waals surface area contributed by atoms with Gasteiger partial charge in [0.05, 0.1) is 6.54 Å². The summed E-state index contributed by atoms with van der Waals surface area (Å²) in [6, 6.07) is 9.14. The van der Waals surface area contributed by atoms with Gasteiger partial charge < -0.3 is 4.90 Å². The van der Waals surface area contributed by atoms with Crippen molar-refractivity contribution in [2.75, 3.05) is 19.6 Å². The highest BCUT2D eigenvalue weighted by molar-refractivity contribution is 7.10. The van der Waals surface area contributed by atoms with Gasteiger partial charge in [-0.2, -0.15) is 0 Å². The summed E-state index contributed by atoms with van der Waals surface area (Å²) in [5, 5.41) is 2.14. The number of carbonyl (C=O) groups is 1. The number of nitrogens with zero attached hydrogens (tertiary/aromatic N) is 2. The van der Waals surface area contributed by atoms with Crippen molar-refractivity contribution in [3.05, 3.63) is 57.5 Å². The molecule has 0 N–H and O–H groups in total. The number of thiophene rings is 1. The fraction of sp³-hybridized carbons (Fsp3) is 0.450. The Labute approximate surface area is 152 Å². The second kappa shape index (κ2) is 7.26. The zero-order valence-corrected chi connectivity index (χ0v) is 15.1. The number of likely N-dealkylation sites (tertiary alicyclic amines) is 1. The topological polar surface area (TPSA) is 23.6 Å². The SMILES string of the molecule is O=C(CN1CCc2sccc2C1)N1CCCC1Cc1cccc(F)c1. The molecule has 2 aliphatic heterocycles. The maximum absolute atomic E-state index is 13.4. The molecule has 1 unspecified atom stereocenters. The van der Waals surface area contributed by atoms with Crippen LogP contribution in [0.5, 0.6) is 0 Å². The molecule has 1 aromatic heterocycles. The molecule has 0 saturated carbocycles. The van der Waals surface area contributed by atoms with E-state index in [1.165, 1.54) is 16.5 Å². The Kier molecular flexibility index (Phi) is 4.86. The number of carbonyl (C=O) groups excluding carboxylic acids is 1. The highest BCUT2D eigenvalue weighted by atomic mass is 32.1. The van der Waals surface area contributed by atoms with Gasteiger partial charge in [0, 0.05) is 30.6 Å². The van der Waals surface area contributed by atoms with Crippen LogP contribution in [-0.4, -0.2) is 41.4 Å². The molecule has 4 rings (SSSR count). The Morgan fingerprint density at radius 3 is 3.08 bits per heavy atom. The van der Waals surface area contributed by atoms with Crippen LogP contribution in [0.25, 0.3) is 0 Å². The summed E-state index contributed by atoms with van der Waals surface area (Å²) in [6.45, 7) is 3.17. The van der Waals surface area contributed by atoms with Crippen LogP contribution in [0.2, 0.25) is 0 Å². The summed E-state index contributed by atoms with van der Waals surface area (Å²) in [5.41, 5.74) is 2.35. The van der Waals surface area contributed by atoms with Gasteiger partial charge in [-0.25, -0.2) is 4.39 Å². The van der Waals surface area contributed by atoms with E-state index in [1.54, 1.807) is 12.1 Å². The molecule has 25 heavy (non-hydrogen) atoms. The largest absolute Gasteiger partial charge is 0.338 e. The predicted molar refractivity (Wildman–Crippen MR) is 98.1 cm³/mol. The summed E-state index contributed by atoms with van der Waals surface area (Å²) in [5.74, 6) is 0.0193. The molecule has 1 atom stereocenters. The van der Waals surface area contributed by atoms with E-state index < -0.39 is 0 Å². The van der Waals surface area contributed by atoms with Gasteiger partial charge in [0.25, 0.3) is 0 Å². The molecule has 1 fully saturated rings. The molecule has 132 valence electrons. The van der Waals surface area contributed by atoms with Crippen molar-refractivity contribution in [2.24, 2.45) is 0 Å². The van der Waals surface area contributed by atoms with Crippen molar-refractivity contribution >= 4 is 17.2 Å². The van der Waals surface area contributed by atoms with Crippen LogP contribution in [0, 0.1) is 5.82 Å². The Morgan fingerprint density at radius 1 is 1.28 bits per heavy atom. The molecule has 3 heterocycles. The molecule has 2 aromatic rings. The molecule has 0 spiro atoms. The van der Waals surface area contributed by atoms with Crippen molar-refractivity contribution in [1.82, 2.24) is 9.80 Å². The fourth-order valence-corrected chi connectivity index (χ4v) is 4.93. The quantitative estimate of drug-likeness (QED) is 0.835. The lowest BCUT2D eigenvalue weighted by Crippen LogP contribution is -2.44. The van der Waals surface area contributed by atoms with Gasteiger partial charge in [0.1, 0.15) is 5.82 Å². The van der Waals surface area contributed by atoms with Crippen molar-refractivity contribution in [2.45, 2.75) is 38.3 Å². The number of amides is 1. The lowest BCUT2D eigenvalue weighted by Gasteiger charge is -2.30. The predicted octanol–water partition coefficient (Wildman–Crippen LogP) is 3.48. The number of halogens is 1. The number of hydrogen-bond acceptors (Lipinski definition) is 3. The van der Waals surface area contributed by atoms with Crippen molar-refractivity contribution in [3.8, 4) is 0 Å². The molecule has 0 bridgehead atoms. The fourth-order valence-electron chi connectivity index (χ4n) is 4.04. The van der Waals surface area contributed by atoms with E-state index in [1.807, 2.05) is 22.3 Å². The third-order valence-electron chi connectivity index (χ3n) is 5.30. The minimum absolute atomic E-state index is 0.201. The van der Waals surface area contributed by atoms with E-state index in [4.69, 9.17) is 0 Å². The third kappa shape index (κ3) is 3.77. The lowest BCUT2D eigenvalue weighted by molar-refractivity contribution is -0.133. The van der Waals surface area contributed by atoms with Crippen LogP contribution in [0.1, 0.15) is 28.8 Å². The summed E-state index contributed by atoms with van der Waals surface area (Å²) >= 11 is 1.82. The normalized spacial score (nSPS) is 20.7. The molecule has 1 aromatic carbocycles. The molecule has 0 radical (unpaired) electrons. The van der Waals surface area contributed by atoms with Gasteiger partial charge >= 0.3 is 0 Å². The number of benzene rings is 1. The summed E-state index contributed by atoms with van der Waals surface area (Å²) in [4.78, 5) is 18.6. The molecule has 1 saturated heterocycles. The molecular weight excluding hydrogens is 335 g/mol. The summed E-state index contributed by atoms with van der Waals surface area (Å²) in [7, 11) is 0. The van der Waals surface area contributed by atoms with E-state index in [-0.39, 0.29) is 17.8 Å². The van der Waals surface area contributed by atoms with Gasteiger partial charge in [-0.15, -0.1) is 11.3 Å². The molecule has 1 amide bonds. The minimum Gasteiger partial charge on any atom is -0.338 e. The van der Waals surface area contributed by atoms with Gasteiger partial charge in [0.15, 0.2) is 0 Å². The first-order valence-electron chi connectivity index (χ1n) is 9.00. The van der Waals surface area contributed by atoms with Crippen molar-refractivity contribution in [1.29, 1.82) is 0 Å². The number of rotatable bonds is 4. The van der Waals surface area contributed by atoms with Gasteiger partial charge in [0.2, 0.25) is 5.91 Å². The number of hydrogen-bond donors (Lipinski definition) is 0. The first-order chi connectivity index (χ1) is 12.2. The van der Waals surface area contributed by atoms with Crippen LogP contribution in [-0.2, 0) is 24.2 Å². The van der Waals surface area contributed by atoms with Crippen molar-refractivity contribution < 1.29 is 9.18 Å². The van der Waals surface area contributed by atoms with E-state index in [0.29, 0.717) is 6.54 Å². The Hall–Kier alpha value is -1.72. The highest BCUT2D eigenvalue weighted by Gasteiger charge is 2.30. The van der Waals surface area contributed by atoms with E-state index >= 15 is 0 Å². The van der Waals surface area contributed by atoms with Crippen LogP contribution < -0.4 is 0 Å². The summed E-state index contributed by atoms with van der Waals surface area (Å²) in [6.07, 6.45) is 3.85. The smallest absolute Gasteiger partial charge is 0.237 e. The zero-order chi connectivity index (χ0) is 17.2. The second-order valence-electron chi connectivity index (χ2n) is 7.05. The van der Waals surface area contributed by atoms with Gasteiger partial charge in [-0.05, 0) is 60.4 Å². The highest BCUT2D eigenvalue weighted by Crippen LogP contribution is 2.25. The lowest BCUT2D eigenvalue weighted by atomic mass is 10.0. The van der Waals surface area contributed by atoms with Crippen LogP contribution in [0.4, 0.5) is 4.39 Å². The molecule has 5 heteroatoms.